The summed E-state index contributed by atoms with van der Waals surface area (Å²) in [5.74, 6) is -1.06. The quantitative estimate of drug-likeness (QED) is 0.353. The molecule has 1 heterocycles. The number of anilines is 1. The average molecular weight is 471 g/mol. The van der Waals surface area contributed by atoms with E-state index in [9.17, 15) is 24.5 Å². The molecule has 0 aliphatic carbocycles. The lowest BCUT2D eigenvalue weighted by Gasteiger charge is -2.13. The van der Waals surface area contributed by atoms with Gasteiger partial charge in [0.15, 0.2) is 5.17 Å². The topological polar surface area (TPSA) is 131 Å². The summed E-state index contributed by atoms with van der Waals surface area (Å²) in [6.07, 6.45) is -0.0758. The molecule has 1 unspecified atom stereocenters. The number of amidine groups is 1. The van der Waals surface area contributed by atoms with Crippen molar-refractivity contribution >= 4 is 51.8 Å². The lowest BCUT2D eigenvalue weighted by molar-refractivity contribution is -0.384. The molecule has 172 valence electrons. The van der Waals surface area contributed by atoms with Crippen molar-refractivity contribution < 1.29 is 24.0 Å². The number of hydrogen-bond donors (Lipinski definition) is 1. The van der Waals surface area contributed by atoms with Gasteiger partial charge in [-0.1, -0.05) is 17.8 Å². The SMILES string of the molecule is CCOC(=O)c1ccc(NC(=O)CC2SC(=Nc3cccc([N+](=O)[O-])c3)N(CC)C2=O)cc1. The summed E-state index contributed by atoms with van der Waals surface area (Å²) >= 11 is 1.15. The van der Waals surface area contributed by atoms with Gasteiger partial charge in [-0.05, 0) is 44.2 Å². The Hall–Kier alpha value is -3.73. The molecule has 1 saturated heterocycles. The minimum absolute atomic E-state index is 0.0758. The predicted molar refractivity (Wildman–Crippen MR) is 125 cm³/mol. The molecule has 1 aliphatic heterocycles. The number of rotatable bonds is 8. The first kappa shape index (κ1) is 23.9. The first-order valence-corrected chi connectivity index (χ1v) is 11.1. The van der Waals surface area contributed by atoms with Crippen LogP contribution in [-0.4, -0.2) is 51.2 Å². The van der Waals surface area contributed by atoms with Gasteiger partial charge in [0.05, 0.1) is 22.8 Å². The molecule has 3 rings (SSSR count). The number of amides is 2. The highest BCUT2D eigenvalue weighted by molar-refractivity contribution is 8.15. The number of nitro groups is 1. The zero-order valence-corrected chi connectivity index (χ0v) is 18.8. The molecule has 0 radical (unpaired) electrons. The molecule has 33 heavy (non-hydrogen) atoms. The fourth-order valence-corrected chi connectivity index (χ4v) is 4.31. The van der Waals surface area contributed by atoms with Gasteiger partial charge in [-0.2, -0.15) is 0 Å². The van der Waals surface area contributed by atoms with Gasteiger partial charge in [0.2, 0.25) is 11.8 Å². The van der Waals surface area contributed by atoms with Crippen molar-refractivity contribution in [2.24, 2.45) is 4.99 Å². The third kappa shape index (κ3) is 5.95. The van der Waals surface area contributed by atoms with Gasteiger partial charge >= 0.3 is 5.97 Å². The third-order valence-electron chi connectivity index (χ3n) is 4.65. The molecule has 1 fully saturated rings. The van der Waals surface area contributed by atoms with E-state index < -0.39 is 16.1 Å². The Labute approximate surface area is 194 Å². The summed E-state index contributed by atoms with van der Waals surface area (Å²) in [6, 6.07) is 12.1. The first-order chi connectivity index (χ1) is 15.8. The molecule has 1 aliphatic rings. The second kappa shape index (κ2) is 10.7. The van der Waals surface area contributed by atoms with E-state index in [0.717, 1.165) is 11.8 Å². The Morgan fingerprint density at radius 1 is 1.21 bits per heavy atom. The molecule has 0 bridgehead atoms. The first-order valence-electron chi connectivity index (χ1n) is 10.2. The summed E-state index contributed by atoms with van der Waals surface area (Å²) in [4.78, 5) is 53.3. The molecule has 2 amide bonds. The van der Waals surface area contributed by atoms with Gasteiger partial charge in [0.25, 0.3) is 5.69 Å². The maximum atomic E-state index is 12.8. The fourth-order valence-electron chi connectivity index (χ4n) is 3.09. The summed E-state index contributed by atoms with van der Waals surface area (Å²) in [7, 11) is 0. The number of thioether (sulfide) groups is 1. The molecule has 2 aromatic carbocycles. The average Bonchev–Trinajstić information content (AvgIpc) is 3.08. The highest BCUT2D eigenvalue weighted by Gasteiger charge is 2.38. The van der Waals surface area contributed by atoms with Crippen LogP contribution in [0.25, 0.3) is 0 Å². The Balaban J connectivity index is 1.67. The number of esters is 1. The number of nitrogens with one attached hydrogen (secondary N) is 1. The largest absolute Gasteiger partial charge is 0.462 e. The van der Waals surface area contributed by atoms with Crippen molar-refractivity contribution in [3.8, 4) is 0 Å². The minimum Gasteiger partial charge on any atom is -0.462 e. The van der Waals surface area contributed by atoms with Crippen molar-refractivity contribution in [1.82, 2.24) is 4.90 Å². The summed E-state index contributed by atoms with van der Waals surface area (Å²) < 4.78 is 4.93. The van der Waals surface area contributed by atoms with Crippen LogP contribution in [0.15, 0.2) is 53.5 Å². The van der Waals surface area contributed by atoms with Gasteiger partial charge in [-0.3, -0.25) is 24.6 Å². The van der Waals surface area contributed by atoms with Gasteiger partial charge in [-0.15, -0.1) is 0 Å². The van der Waals surface area contributed by atoms with Crippen LogP contribution in [-0.2, 0) is 14.3 Å². The van der Waals surface area contributed by atoms with Crippen LogP contribution in [0.1, 0.15) is 30.6 Å². The van der Waals surface area contributed by atoms with Crippen molar-refractivity contribution in [3.63, 3.8) is 0 Å². The normalized spacial score (nSPS) is 16.7. The second-order valence-corrected chi connectivity index (χ2v) is 8.08. The molecular weight excluding hydrogens is 448 g/mol. The smallest absolute Gasteiger partial charge is 0.338 e. The van der Waals surface area contributed by atoms with Crippen molar-refractivity contribution in [1.29, 1.82) is 0 Å². The van der Waals surface area contributed by atoms with Crippen LogP contribution in [0.5, 0.6) is 0 Å². The van der Waals surface area contributed by atoms with Crippen LogP contribution in [0.3, 0.4) is 0 Å². The summed E-state index contributed by atoms with van der Waals surface area (Å²) in [5.41, 5.74) is 1.11. The summed E-state index contributed by atoms with van der Waals surface area (Å²) in [5, 5.41) is 13.4. The Morgan fingerprint density at radius 2 is 1.94 bits per heavy atom. The number of aliphatic imine (C=N–C) groups is 1. The molecule has 11 heteroatoms. The van der Waals surface area contributed by atoms with E-state index in [0.29, 0.717) is 28.7 Å². The van der Waals surface area contributed by atoms with Crippen molar-refractivity contribution in [3.05, 3.63) is 64.2 Å². The number of non-ortho nitro benzene ring substituents is 1. The number of nitrogens with zero attached hydrogens (tertiary/aromatic N) is 3. The number of nitro benzene ring substituents is 1. The minimum atomic E-state index is -0.666. The van der Waals surface area contributed by atoms with Crippen molar-refractivity contribution in [2.75, 3.05) is 18.5 Å². The van der Waals surface area contributed by atoms with E-state index in [4.69, 9.17) is 4.74 Å². The van der Waals surface area contributed by atoms with Gasteiger partial charge in [0, 0.05) is 30.8 Å². The Bertz CT molecular complexity index is 1100. The summed E-state index contributed by atoms with van der Waals surface area (Å²) in [6.45, 7) is 4.13. The molecule has 2 aromatic rings. The molecule has 0 aromatic heterocycles. The maximum absolute atomic E-state index is 12.8. The lowest BCUT2D eigenvalue weighted by atomic mass is 10.2. The predicted octanol–water partition coefficient (Wildman–Crippen LogP) is 3.75. The molecule has 0 spiro atoms. The van der Waals surface area contributed by atoms with Crippen molar-refractivity contribution in [2.45, 2.75) is 25.5 Å². The Kier molecular flexibility index (Phi) is 7.78. The van der Waals surface area contributed by atoms with Crippen LogP contribution in [0, 0.1) is 10.1 Å². The third-order valence-corrected chi connectivity index (χ3v) is 5.83. The van der Waals surface area contributed by atoms with Crippen LogP contribution in [0.4, 0.5) is 17.1 Å². The molecule has 10 nitrogen and oxygen atoms in total. The number of ether oxygens (including phenoxy) is 1. The van der Waals surface area contributed by atoms with E-state index in [1.165, 1.54) is 23.1 Å². The monoisotopic (exact) mass is 470 g/mol. The van der Waals surface area contributed by atoms with Gasteiger partial charge < -0.3 is 10.1 Å². The van der Waals surface area contributed by atoms with Crippen LogP contribution < -0.4 is 5.32 Å². The molecule has 0 saturated carbocycles. The molecule has 1 N–H and O–H groups in total. The van der Waals surface area contributed by atoms with E-state index in [2.05, 4.69) is 10.3 Å². The fraction of sp³-hybridized carbons (Fsp3) is 0.273. The Morgan fingerprint density at radius 3 is 2.58 bits per heavy atom. The molecular formula is C22H22N4O6S. The number of benzene rings is 2. The van der Waals surface area contributed by atoms with Gasteiger partial charge in [0.1, 0.15) is 5.25 Å². The van der Waals surface area contributed by atoms with E-state index in [1.807, 2.05) is 0 Å². The zero-order chi connectivity index (χ0) is 24.0. The second-order valence-electron chi connectivity index (χ2n) is 6.91. The maximum Gasteiger partial charge on any atom is 0.338 e. The van der Waals surface area contributed by atoms with E-state index in [1.54, 1.807) is 44.2 Å². The lowest BCUT2D eigenvalue weighted by Crippen LogP contribution is -2.33. The zero-order valence-electron chi connectivity index (χ0n) is 18.0. The standard InChI is InChI=1S/C22H22N4O6S/c1-3-25-20(28)18(33-22(25)24-16-6-5-7-17(12-16)26(30)31)13-19(27)23-15-10-8-14(9-11-15)21(29)32-4-2/h5-12,18H,3-4,13H2,1-2H3,(H,23,27). The highest BCUT2D eigenvalue weighted by atomic mass is 32.2. The van der Waals surface area contributed by atoms with Crippen LogP contribution in [0.2, 0.25) is 0 Å². The highest BCUT2D eigenvalue weighted by Crippen LogP contribution is 2.32. The number of carbonyl (C=O) groups excluding carboxylic acids is 3. The number of carbonyl (C=O) groups is 3. The molecule has 1 atom stereocenters. The van der Waals surface area contributed by atoms with E-state index in [-0.39, 0.29) is 30.5 Å². The van der Waals surface area contributed by atoms with E-state index >= 15 is 0 Å². The van der Waals surface area contributed by atoms with Gasteiger partial charge in [-0.25, -0.2) is 9.79 Å². The number of hydrogen-bond acceptors (Lipinski definition) is 8. The van der Waals surface area contributed by atoms with Crippen LogP contribution >= 0.6 is 11.8 Å².